The van der Waals surface area contributed by atoms with E-state index in [0.717, 1.165) is 18.8 Å². The minimum Gasteiger partial charge on any atom is -0.377 e. The highest BCUT2D eigenvalue weighted by Crippen LogP contribution is 2.18. The maximum absolute atomic E-state index is 4.47. The maximum Gasteiger partial charge on any atom is 0.0741 e. The fourth-order valence-electron chi connectivity index (χ4n) is 2.51. The molecule has 0 aliphatic carbocycles. The van der Waals surface area contributed by atoms with Crippen molar-refractivity contribution in [3.8, 4) is 0 Å². The Bertz CT molecular complexity index is 713. The molecule has 0 radical (unpaired) electrons. The topological polar surface area (TPSA) is 47.7 Å². The zero-order valence-corrected chi connectivity index (χ0v) is 13.0. The molecule has 22 heavy (non-hydrogen) atoms. The Balaban J connectivity index is 1.66. The van der Waals surface area contributed by atoms with Crippen molar-refractivity contribution >= 4 is 5.69 Å². The summed E-state index contributed by atoms with van der Waals surface area (Å²) in [6, 6.07) is 12.6. The molecule has 0 bridgehead atoms. The fourth-order valence-corrected chi connectivity index (χ4v) is 2.51. The molecular formula is C17H21N5. The smallest absolute Gasteiger partial charge is 0.0741 e. The van der Waals surface area contributed by atoms with Gasteiger partial charge in [0.15, 0.2) is 0 Å². The van der Waals surface area contributed by atoms with Crippen molar-refractivity contribution in [1.82, 2.24) is 19.6 Å². The lowest BCUT2D eigenvalue weighted by Crippen LogP contribution is -2.08. The van der Waals surface area contributed by atoms with Crippen LogP contribution in [0, 0.1) is 0 Å². The van der Waals surface area contributed by atoms with E-state index in [1.165, 1.54) is 11.3 Å². The highest BCUT2D eigenvalue weighted by Gasteiger charge is 2.09. The number of benzene rings is 1. The number of hydrogen-bond donors (Lipinski definition) is 1. The molecule has 114 valence electrons. The summed E-state index contributed by atoms with van der Waals surface area (Å²) in [6.07, 6.45) is 5.75. The Kier molecular flexibility index (Phi) is 4.23. The van der Waals surface area contributed by atoms with Crippen molar-refractivity contribution in [2.75, 3.05) is 5.32 Å². The molecule has 1 aromatic carbocycles. The zero-order valence-electron chi connectivity index (χ0n) is 13.0. The summed E-state index contributed by atoms with van der Waals surface area (Å²) >= 11 is 0. The van der Waals surface area contributed by atoms with Crippen molar-refractivity contribution in [3.63, 3.8) is 0 Å². The van der Waals surface area contributed by atoms with E-state index in [0.29, 0.717) is 0 Å². The number of aryl methyl sites for hydroxylation is 1. The first-order valence-electron chi connectivity index (χ1n) is 7.61. The molecule has 2 heterocycles. The second-order valence-corrected chi connectivity index (χ2v) is 5.29. The van der Waals surface area contributed by atoms with E-state index in [1.54, 1.807) is 0 Å². The standard InChI is InChI=1S/C17H21N5/c1-3-21-17(9-10-19-21)12-18-16-11-20-22(13-16)14(2)15-7-5-4-6-8-15/h4-11,13-14,18H,3,12H2,1-2H3. The van der Waals surface area contributed by atoms with Crippen molar-refractivity contribution < 1.29 is 0 Å². The number of rotatable bonds is 6. The van der Waals surface area contributed by atoms with Crippen molar-refractivity contribution in [3.05, 3.63) is 66.2 Å². The van der Waals surface area contributed by atoms with Gasteiger partial charge in [-0.3, -0.25) is 9.36 Å². The molecule has 0 aliphatic rings. The molecule has 0 amide bonds. The van der Waals surface area contributed by atoms with Crippen molar-refractivity contribution in [1.29, 1.82) is 0 Å². The maximum atomic E-state index is 4.47. The van der Waals surface area contributed by atoms with Gasteiger partial charge >= 0.3 is 0 Å². The van der Waals surface area contributed by atoms with Gasteiger partial charge in [-0.2, -0.15) is 10.2 Å². The third-order valence-corrected chi connectivity index (χ3v) is 3.86. The van der Waals surface area contributed by atoms with Gasteiger partial charge in [0.1, 0.15) is 0 Å². The Hall–Kier alpha value is -2.56. The summed E-state index contributed by atoms with van der Waals surface area (Å²) in [5, 5.41) is 12.1. The Morgan fingerprint density at radius 3 is 2.73 bits per heavy atom. The summed E-state index contributed by atoms with van der Waals surface area (Å²) in [5.41, 5.74) is 3.44. The molecule has 0 spiro atoms. The van der Waals surface area contributed by atoms with Gasteiger partial charge < -0.3 is 5.32 Å². The minimum atomic E-state index is 0.220. The predicted molar refractivity (Wildman–Crippen MR) is 87.7 cm³/mol. The number of hydrogen-bond acceptors (Lipinski definition) is 3. The first-order chi connectivity index (χ1) is 10.8. The number of nitrogens with zero attached hydrogens (tertiary/aromatic N) is 4. The lowest BCUT2D eigenvalue weighted by Gasteiger charge is -2.12. The predicted octanol–water partition coefficient (Wildman–Crippen LogP) is 3.32. The summed E-state index contributed by atoms with van der Waals surface area (Å²) < 4.78 is 3.97. The summed E-state index contributed by atoms with van der Waals surface area (Å²) in [5.74, 6) is 0. The van der Waals surface area contributed by atoms with Crippen LogP contribution in [0.2, 0.25) is 0 Å². The normalized spacial score (nSPS) is 12.3. The van der Waals surface area contributed by atoms with Gasteiger partial charge in [-0.15, -0.1) is 0 Å². The summed E-state index contributed by atoms with van der Waals surface area (Å²) in [4.78, 5) is 0. The first-order valence-corrected chi connectivity index (χ1v) is 7.61. The highest BCUT2D eigenvalue weighted by atomic mass is 15.3. The van der Waals surface area contributed by atoms with Crippen LogP contribution in [0.5, 0.6) is 0 Å². The quantitative estimate of drug-likeness (QED) is 0.759. The molecule has 0 aliphatic heterocycles. The van der Waals surface area contributed by atoms with Crippen molar-refractivity contribution in [2.24, 2.45) is 0 Å². The van der Waals surface area contributed by atoms with E-state index >= 15 is 0 Å². The van der Waals surface area contributed by atoms with Gasteiger partial charge in [0.05, 0.1) is 30.2 Å². The van der Waals surface area contributed by atoms with Gasteiger partial charge in [0.2, 0.25) is 0 Å². The van der Waals surface area contributed by atoms with E-state index < -0.39 is 0 Å². The Morgan fingerprint density at radius 2 is 1.95 bits per heavy atom. The van der Waals surface area contributed by atoms with Gasteiger partial charge in [-0.25, -0.2) is 0 Å². The lowest BCUT2D eigenvalue weighted by molar-refractivity contribution is 0.564. The molecule has 2 aromatic heterocycles. The van der Waals surface area contributed by atoms with Crippen molar-refractivity contribution in [2.45, 2.75) is 33.0 Å². The van der Waals surface area contributed by atoms with Gasteiger partial charge in [-0.05, 0) is 25.5 Å². The third kappa shape index (κ3) is 3.03. The van der Waals surface area contributed by atoms with E-state index in [-0.39, 0.29) is 6.04 Å². The average molecular weight is 295 g/mol. The molecule has 1 atom stereocenters. The average Bonchev–Trinajstić information content (AvgIpc) is 3.21. The van der Waals surface area contributed by atoms with Gasteiger partial charge in [0.25, 0.3) is 0 Å². The molecule has 3 aromatic rings. The zero-order chi connectivity index (χ0) is 15.4. The second kappa shape index (κ2) is 6.47. The molecule has 1 unspecified atom stereocenters. The largest absolute Gasteiger partial charge is 0.377 e. The third-order valence-electron chi connectivity index (χ3n) is 3.86. The summed E-state index contributed by atoms with van der Waals surface area (Å²) in [7, 11) is 0. The number of anilines is 1. The minimum absolute atomic E-state index is 0.220. The van der Waals surface area contributed by atoms with E-state index in [9.17, 15) is 0 Å². The second-order valence-electron chi connectivity index (χ2n) is 5.29. The van der Waals surface area contributed by atoms with Crippen LogP contribution in [-0.2, 0) is 13.1 Å². The molecule has 5 nitrogen and oxygen atoms in total. The SMILES string of the molecule is CCn1nccc1CNc1cnn(C(C)c2ccccc2)c1. The summed E-state index contributed by atoms with van der Waals surface area (Å²) in [6.45, 7) is 5.88. The Morgan fingerprint density at radius 1 is 1.14 bits per heavy atom. The molecule has 1 N–H and O–H groups in total. The lowest BCUT2D eigenvalue weighted by atomic mass is 10.1. The van der Waals surface area contributed by atoms with E-state index in [2.05, 4.69) is 53.6 Å². The van der Waals surface area contributed by atoms with Crippen LogP contribution in [0.4, 0.5) is 5.69 Å². The van der Waals surface area contributed by atoms with E-state index in [4.69, 9.17) is 0 Å². The van der Waals surface area contributed by atoms with Crippen LogP contribution in [0.25, 0.3) is 0 Å². The van der Waals surface area contributed by atoms with Crippen LogP contribution < -0.4 is 5.32 Å². The highest BCUT2D eigenvalue weighted by molar-refractivity contribution is 5.39. The number of nitrogens with one attached hydrogen (secondary N) is 1. The van der Waals surface area contributed by atoms with Crippen LogP contribution in [0.1, 0.15) is 31.1 Å². The van der Waals surface area contributed by atoms with Gasteiger partial charge in [-0.1, -0.05) is 30.3 Å². The fraction of sp³-hybridized carbons (Fsp3) is 0.294. The molecule has 0 saturated carbocycles. The van der Waals surface area contributed by atoms with E-state index in [1.807, 2.05) is 40.1 Å². The molecule has 0 fully saturated rings. The Labute approximate surface area is 130 Å². The number of aromatic nitrogens is 4. The van der Waals surface area contributed by atoms with Crippen LogP contribution in [-0.4, -0.2) is 19.6 Å². The molecule has 5 heteroatoms. The van der Waals surface area contributed by atoms with Crippen LogP contribution in [0.15, 0.2) is 55.0 Å². The molecule has 3 rings (SSSR count). The monoisotopic (exact) mass is 295 g/mol. The van der Waals surface area contributed by atoms with Crippen LogP contribution in [0.3, 0.4) is 0 Å². The van der Waals surface area contributed by atoms with Gasteiger partial charge in [0, 0.05) is 18.9 Å². The van der Waals surface area contributed by atoms with Crippen LogP contribution >= 0.6 is 0 Å². The first kappa shape index (κ1) is 14.4. The molecule has 0 saturated heterocycles. The molecular weight excluding hydrogens is 274 g/mol.